The van der Waals surface area contributed by atoms with Crippen LogP contribution in [0.5, 0.6) is 0 Å². The predicted octanol–water partition coefficient (Wildman–Crippen LogP) is 4.06. The van der Waals surface area contributed by atoms with Crippen molar-refractivity contribution in [1.29, 1.82) is 0 Å². The molecule has 0 spiro atoms. The zero-order valence-corrected chi connectivity index (χ0v) is 12.0. The molecule has 0 radical (unpaired) electrons. The lowest BCUT2D eigenvalue weighted by atomic mass is 10.1. The number of nitrogen functional groups attached to an aromatic ring is 1. The highest BCUT2D eigenvalue weighted by Crippen LogP contribution is 2.23. The third kappa shape index (κ3) is 3.05. The van der Waals surface area contributed by atoms with E-state index < -0.39 is 0 Å². The van der Waals surface area contributed by atoms with Crippen LogP contribution in [0.2, 0.25) is 0 Å². The predicted molar refractivity (Wildman–Crippen MR) is 81.7 cm³/mol. The number of hydrogen-bond donors (Lipinski definition) is 1. The Morgan fingerprint density at radius 2 is 1.83 bits per heavy atom. The van der Waals surface area contributed by atoms with Crippen LogP contribution in [-0.2, 0) is 6.54 Å². The van der Waals surface area contributed by atoms with Crippen molar-refractivity contribution in [3.05, 3.63) is 58.6 Å². The average molecular weight is 305 g/mol. The SMILES string of the molecule is CCN(Cc1cc(N)ccc1Br)c1ccccc1. The largest absolute Gasteiger partial charge is 0.399 e. The second kappa shape index (κ2) is 5.91. The van der Waals surface area contributed by atoms with Gasteiger partial charge < -0.3 is 10.6 Å². The van der Waals surface area contributed by atoms with Gasteiger partial charge in [0.25, 0.3) is 0 Å². The standard InChI is InChI=1S/C15H17BrN2/c1-2-18(14-6-4-3-5-7-14)11-12-10-13(17)8-9-15(12)16/h3-10H,2,11,17H2,1H3. The van der Waals surface area contributed by atoms with Gasteiger partial charge in [-0.05, 0) is 42.8 Å². The van der Waals surface area contributed by atoms with Gasteiger partial charge in [-0.2, -0.15) is 0 Å². The number of hydrogen-bond acceptors (Lipinski definition) is 2. The van der Waals surface area contributed by atoms with Gasteiger partial charge in [-0.1, -0.05) is 34.1 Å². The van der Waals surface area contributed by atoms with E-state index in [0.29, 0.717) is 0 Å². The molecule has 0 fully saturated rings. The van der Waals surface area contributed by atoms with Crippen molar-refractivity contribution in [1.82, 2.24) is 0 Å². The molecular formula is C15H17BrN2. The van der Waals surface area contributed by atoms with Gasteiger partial charge in [-0.25, -0.2) is 0 Å². The Hall–Kier alpha value is -1.48. The number of rotatable bonds is 4. The minimum Gasteiger partial charge on any atom is -0.399 e. The molecule has 0 aliphatic carbocycles. The summed E-state index contributed by atoms with van der Waals surface area (Å²) in [5, 5.41) is 0. The molecule has 0 aliphatic rings. The Bertz CT molecular complexity index is 511. The minimum absolute atomic E-state index is 0.803. The maximum absolute atomic E-state index is 5.84. The Kier molecular flexibility index (Phi) is 4.26. The van der Waals surface area contributed by atoms with Gasteiger partial charge in [0.05, 0.1) is 0 Å². The molecule has 3 heteroatoms. The number of nitrogens with two attached hydrogens (primary N) is 1. The molecular weight excluding hydrogens is 288 g/mol. The zero-order chi connectivity index (χ0) is 13.0. The molecule has 0 saturated carbocycles. The van der Waals surface area contributed by atoms with Crippen LogP contribution >= 0.6 is 15.9 Å². The Morgan fingerprint density at radius 1 is 1.11 bits per heavy atom. The molecule has 0 unspecified atom stereocenters. The fraction of sp³-hybridized carbons (Fsp3) is 0.200. The van der Waals surface area contributed by atoms with Crippen LogP contribution in [0, 0.1) is 0 Å². The van der Waals surface area contributed by atoms with Gasteiger partial charge >= 0.3 is 0 Å². The third-order valence-corrected chi connectivity index (χ3v) is 3.71. The molecule has 2 nitrogen and oxygen atoms in total. The molecule has 2 rings (SSSR count). The van der Waals surface area contributed by atoms with Gasteiger partial charge in [0, 0.05) is 28.9 Å². The fourth-order valence-corrected chi connectivity index (χ4v) is 2.32. The minimum atomic E-state index is 0.803. The first-order valence-electron chi connectivity index (χ1n) is 6.04. The number of para-hydroxylation sites is 1. The average Bonchev–Trinajstić information content (AvgIpc) is 2.41. The van der Waals surface area contributed by atoms with Crippen molar-refractivity contribution in [3.8, 4) is 0 Å². The maximum atomic E-state index is 5.84. The van der Waals surface area contributed by atoms with Crippen molar-refractivity contribution in [2.24, 2.45) is 0 Å². The van der Waals surface area contributed by atoms with E-state index in [0.717, 1.165) is 23.2 Å². The molecule has 0 amide bonds. The van der Waals surface area contributed by atoms with Crippen molar-refractivity contribution in [2.45, 2.75) is 13.5 Å². The number of anilines is 2. The van der Waals surface area contributed by atoms with E-state index in [-0.39, 0.29) is 0 Å². The van der Waals surface area contributed by atoms with Gasteiger partial charge in [-0.15, -0.1) is 0 Å². The number of benzene rings is 2. The molecule has 2 aromatic carbocycles. The van der Waals surface area contributed by atoms with Crippen LogP contribution < -0.4 is 10.6 Å². The lowest BCUT2D eigenvalue weighted by Gasteiger charge is -2.24. The molecule has 18 heavy (non-hydrogen) atoms. The van der Waals surface area contributed by atoms with Crippen molar-refractivity contribution in [2.75, 3.05) is 17.2 Å². The summed E-state index contributed by atoms with van der Waals surface area (Å²) in [7, 11) is 0. The Labute approximate surface area is 117 Å². The Balaban J connectivity index is 2.23. The molecule has 0 saturated heterocycles. The molecule has 0 aliphatic heterocycles. The molecule has 2 N–H and O–H groups in total. The van der Waals surface area contributed by atoms with Crippen LogP contribution in [0.25, 0.3) is 0 Å². The second-order valence-electron chi connectivity index (χ2n) is 4.20. The summed E-state index contributed by atoms with van der Waals surface area (Å²) < 4.78 is 1.10. The molecule has 2 aromatic rings. The summed E-state index contributed by atoms with van der Waals surface area (Å²) in [6, 6.07) is 16.4. The lowest BCUT2D eigenvalue weighted by Crippen LogP contribution is -2.22. The van der Waals surface area contributed by atoms with E-state index in [1.165, 1.54) is 11.3 Å². The van der Waals surface area contributed by atoms with E-state index in [1.54, 1.807) is 0 Å². The number of halogens is 1. The van der Waals surface area contributed by atoms with E-state index in [9.17, 15) is 0 Å². The number of nitrogens with zero attached hydrogens (tertiary/aromatic N) is 1. The van der Waals surface area contributed by atoms with Crippen molar-refractivity contribution in [3.63, 3.8) is 0 Å². The van der Waals surface area contributed by atoms with Crippen LogP contribution in [0.3, 0.4) is 0 Å². The first-order valence-corrected chi connectivity index (χ1v) is 6.84. The molecule has 0 heterocycles. The van der Waals surface area contributed by atoms with Gasteiger partial charge in [-0.3, -0.25) is 0 Å². The molecule has 0 bridgehead atoms. The molecule has 0 atom stereocenters. The van der Waals surface area contributed by atoms with E-state index in [1.807, 2.05) is 24.3 Å². The van der Waals surface area contributed by atoms with Crippen molar-refractivity contribution < 1.29 is 0 Å². The first-order chi connectivity index (χ1) is 8.70. The maximum Gasteiger partial charge on any atom is 0.0441 e. The molecule has 0 aromatic heterocycles. The summed E-state index contributed by atoms with van der Waals surface area (Å²) in [4.78, 5) is 2.32. The summed E-state index contributed by atoms with van der Waals surface area (Å²) in [5.74, 6) is 0. The monoisotopic (exact) mass is 304 g/mol. The van der Waals surface area contributed by atoms with Crippen molar-refractivity contribution >= 4 is 27.3 Å². The fourth-order valence-electron chi connectivity index (χ4n) is 1.95. The van der Waals surface area contributed by atoms with E-state index in [4.69, 9.17) is 5.73 Å². The summed E-state index contributed by atoms with van der Waals surface area (Å²) >= 11 is 3.58. The summed E-state index contributed by atoms with van der Waals surface area (Å²) in [5.41, 5.74) is 9.09. The van der Waals surface area contributed by atoms with E-state index in [2.05, 4.69) is 52.0 Å². The highest BCUT2D eigenvalue weighted by atomic mass is 79.9. The van der Waals surface area contributed by atoms with Gasteiger partial charge in [0.2, 0.25) is 0 Å². The second-order valence-corrected chi connectivity index (χ2v) is 5.05. The third-order valence-electron chi connectivity index (χ3n) is 2.93. The summed E-state index contributed by atoms with van der Waals surface area (Å²) in [6.45, 7) is 3.98. The highest BCUT2D eigenvalue weighted by molar-refractivity contribution is 9.10. The topological polar surface area (TPSA) is 29.3 Å². The van der Waals surface area contributed by atoms with Gasteiger partial charge in [0.1, 0.15) is 0 Å². The summed E-state index contributed by atoms with van der Waals surface area (Å²) in [6.07, 6.45) is 0. The van der Waals surface area contributed by atoms with Crippen LogP contribution in [-0.4, -0.2) is 6.54 Å². The van der Waals surface area contributed by atoms with Crippen LogP contribution in [0.4, 0.5) is 11.4 Å². The zero-order valence-electron chi connectivity index (χ0n) is 10.4. The first kappa shape index (κ1) is 13.0. The van der Waals surface area contributed by atoms with Crippen LogP contribution in [0.1, 0.15) is 12.5 Å². The molecule has 94 valence electrons. The highest BCUT2D eigenvalue weighted by Gasteiger charge is 2.07. The Morgan fingerprint density at radius 3 is 2.50 bits per heavy atom. The smallest absolute Gasteiger partial charge is 0.0441 e. The van der Waals surface area contributed by atoms with Gasteiger partial charge in [0.15, 0.2) is 0 Å². The quantitative estimate of drug-likeness (QED) is 0.863. The normalized spacial score (nSPS) is 10.3. The van der Waals surface area contributed by atoms with Crippen LogP contribution in [0.15, 0.2) is 53.0 Å². The van der Waals surface area contributed by atoms with E-state index >= 15 is 0 Å². The lowest BCUT2D eigenvalue weighted by molar-refractivity contribution is 0.829.